The minimum Gasteiger partial charge on any atom is -0.388 e. The second-order valence-corrected chi connectivity index (χ2v) is 4.84. The second kappa shape index (κ2) is 5.99. The van der Waals surface area contributed by atoms with E-state index in [-0.39, 0.29) is 12.5 Å². The number of amides is 1. The first-order valence-corrected chi connectivity index (χ1v) is 6.32. The zero-order valence-electron chi connectivity index (χ0n) is 11.0. The van der Waals surface area contributed by atoms with Crippen LogP contribution in [0.25, 0.3) is 6.08 Å². The molecular weight excluding hydrogens is 246 g/mol. The maximum Gasteiger partial charge on any atom is 0.244 e. The molecule has 6 nitrogen and oxygen atoms in total. The molecule has 2 rings (SSSR count). The summed E-state index contributed by atoms with van der Waals surface area (Å²) in [4.78, 5) is 11.6. The molecule has 19 heavy (non-hydrogen) atoms. The molecule has 1 fully saturated rings. The molecular formula is C13H19N3O3. The van der Waals surface area contributed by atoms with Crippen molar-refractivity contribution in [1.82, 2.24) is 15.1 Å². The lowest BCUT2D eigenvalue weighted by molar-refractivity contribution is -0.119. The fraction of sp³-hybridized carbons (Fsp3) is 0.538. The summed E-state index contributed by atoms with van der Waals surface area (Å²) >= 11 is 0. The summed E-state index contributed by atoms with van der Waals surface area (Å²) in [6.07, 6.45) is 7.74. The maximum absolute atomic E-state index is 11.6. The van der Waals surface area contributed by atoms with E-state index in [1.807, 2.05) is 13.2 Å². The van der Waals surface area contributed by atoms with Crippen LogP contribution < -0.4 is 5.32 Å². The van der Waals surface area contributed by atoms with Crippen LogP contribution in [0.3, 0.4) is 0 Å². The van der Waals surface area contributed by atoms with Crippen LogP contribution in [0.1, 0.15) is 18.4 Å². The third kappa shape index (κ3) is 4.18. The van der Waals surface area contributed by atoms with E-state index in [2.05, 4.69) is 10.4 Å². The Balaban J connectivity index is 1.79. The van der Waals surface area contributed by atoms with E-state index < -0.39 is 5.60 Å². The molecule has 0 bridgehead atoms. The molecule has 1 aliphatic heterocycles. The Morgan fingerprint density at radius 3 is 3.00 bits per heavy atom. The largest absolute Gasteiger partial charge is 0.388 e. The van der Waals surface area contributed by atoms with E-state index in [0.29, 0.717) is 26.1 Å². The van der Waals surface area contributed by atoms with Gasteiger partial charge in [-0.1, -0.05) is 0 Å². The predicted molar refractivity (Wildman–Crippen MR) is 70.3 cm³/mol. The predicted octanol–water partition coefficient (Wildman–Crippen LogP) is 0.0910. The van der Waals surface area contributed by atoms with Crippen LogP contribution in [0.2, 0.25) is 0 Å². The van der Waals surface area contributed by atoms with E-state index in [1.54, 1.807) is 17.0 Å². The highest BCUT2D eigenvalue weighted by molar-refractivity contribution is 5.91. The molecule has 0 saturated carbocycles. The number of aliphatic hydroxyl groups is 1. The van der Waals surface area contributed by atoms with Crippen LogP contribution >= 0.6 is 0 Å². The third-order valence-corrected chi connectivity index (χ3v) is 3.17. The van der Waals surface area contributed by atoms with Crippen LogP contribution in [0, 0.1) is 0 Å². The van der Waals surface area contributed by atoms with Gasteiger partial charge in [-0.05, 0) is 6.08 Å². The lowest BCUT2D eigenvalue weighted by Gasteiger charge is -2.31. The van der Waals surface area contributed by atoms with Gasteiger partial charge in [0.05, 0.1) is 11.8 Å². The monoisotopic (exact) mass is 265 g/mol. The van der Waals surface area contributed by atoms with Crippen LogP contribution in [-0.4, -0.2) is 46.2 Å². The standard InChI is InChI=1S/C13H19N3O3/c1-16-9-11(8-15-16)2-3-12(17)14-10-13(18)4-6-19-7-5-13/h2-3,8-9,18H,4-7,10H2,1H3,(H,14,17)/b3-2+. The third-order valence-electron chi connectivity index (χ3n) is 3.17. The molecule has 1 aromatic heterocycles. The lowest BCUT2D eigenvalue weighted by Crippen LogP contribution is -2.46. The van der Waals surface area contributed by atoms with E-state index in [4.69, 9.17) is 4.74 Å². The molecule has 1 aromatic rings. The quantitative estimate of drug-likeness (QED) is 0.757. The number of rotatable bonds is 4. The Morgan fingerprint density at radius 1 is 1.63 bits per heavy atom. The zero-order valence-corrected chi connectivity index (χ0v) is 11.0. The molecule has 0 radical (unpaired) electrons. The van der Waals surface area contributed by atoms with Crippen molar-refractivity contribution in [2.45, 2.75) is 18.4 Å². The molecule has 6 heteroatoms. The summed E-state index contributed by atoms with van der Waals surface area (Å²) in [7, 11) is 1.82. The van der Waals surface area contributed by atoms with Gasteiger partial charge in [-0.15, -0.1) is 0 Å². The van der Waals surface area contributed by atoms with Crippen molar-refractivity contribution >= 4 is 12.0 Å². The molecule has 0 aromatic carbocycles. The van der Waals surface area contributed by atoms with Gasteiger partial charge < -0.3 is 15.2 Å². The number of hydrogen-bond donors (Lipinski definition) is 2. The summed E-state index contributed by atoms with van der Waals surface area (Å²) in [5, 5.41) is 16.9. The van der Waals surface area contributed by atoms with Gasteiger partial charge in [0.1, 0.15) is 0 Å². The summed E-state index contributed by atoms with van der Waals surface area (Å²) < 4.78 is 6.85. The molecule has 2 N–H and O–H groups in total. The van der Waals surface area contributed by atoms with Crippen LogP contribution in [0.15, 0.2) is 18.5 Å². The molecule has 0 atom stereocenters. The van der Waals surface area contributed by atoms with Gasteiger partial charge in [-0.3, -0.25) is 9.48 Å². The van der Waals surface area contributed by atoms with Crippen LogP contribution in [0.5, 0.6) is 0 Å². The highest BCUT2D eigenvalue weighted by Gasteiger charge is 2.29. The van der Waals surface area contributed by atoms with Crippen molar-refractivity contribution in [2.75, 3.05) is 19.8 Å². The number of aryl methyl sites for hydroxylation is 1. The number of ether oxygens (including phenoxy) is 1. The number of nitrogens with zero attached hydrogens (tertiary/aromatic N) is 2. The Bertz CT molecular complexity index is 461. The minimum absolute atomic E-state index is 0.219. The molecule has 0 unspecified atom stereocenters. The first kappa shape index (κ1) is 13.8. The summed E-state index contributed by atoms with van der Waals surface area (Å²) in [5.41, 5.74) is 0.0261. The Kier molecular flexibility index (Phi) is 4.34. The topological polar surface area (TPSA) is 76.4 Å². The highest BCUT2D eigenvalue weighted by atomic mass is 16.5. The van der Waals surface area contributed by atoms with E-state index >= 15 is 0 Å². The molecule has 1 amide bonds. The van der Waals surface area contributed by atoms with Gasteiger partial charge in [0.15, 0.2) is 0 Å². The van der Waals surface area contributed by atoms with E-state index in [0.717, 1.165) is 5.56 Å². The van der Waals surface area contributed by atoms with Gasteiger partial charge in [0.2, 0.25) is 5.91 Å². The number of hydrogen-bond acceptors (Lipinski definition) is 4. The van der Waals surface area contributed by atoms with Gasteiger partial charge in [0, 0.05) is 57.5 Å². The molecule has 2 heterocycles. The van der Waals surface area contributed by atoms with Crippen molar-refractivity contribution in [3.8, 4) is 0 Å². The van der Waals surface area contributed by atoms with Gasteiger partial charge in [-0.2, -0.15) is 5.10 Å². The fourth-order valence-corrected chi connectivity index (χ4v) is 1.94. The second-order valence-electron chi connectivity index (χ2n) is 4.84. The number of carbonyl (C=O) groups excluding carboxylic acids is 1. The normalized spacial score (nSPS) is 18.6. The van der Waals surface area contributed by atoms with Crippen molar-refractivity contribution in [3.63, 3.8) is 0 Å². The lowest BCUT2D eigenvalue weighted by atomic mass is 9.94. The zero-order chi connectivity index (χ0) is 13.7. The first-order valence-electron chi connectivity index (χ1n) is 6.32. The van der Waals surface area contributed by atoms with Crippen molar-refractivity contribution in [1.29, 1.82) is 0 Å². The molecule has 104 valence electrons. The Labute approximate surface area is 112 Å². The van der Waals surface area contributed by atoms with Crippen LogP contribution in [-0.2, 0) is 16.6 Å². The summed E-state index contributed by atoms with van der Waals surface area (Å²) in [6.45, 7) is 1.34. The van der Waals surface area contributed by atoms with Crippen molar-refractivity contribution in [2.24, 2.45) is 7.05 Å². The van der Waals surface area contributed by atoms with Gasteiger partial charge in [-0.25, -0.2) is 0 Å². The van der Waals surface area contributed by atoms with E-state index in [1.165, 1.54) is 6.08 Å². The summed E-state index contributed by atoms with van der Waals surface area (Å²) in [6, 6.07) is 0. The summed E-state index contributed by atoms with van der Waals surface area (Å²) in [5.74, 6) is -0.219. The van der Waals surface area contributed by atoms with E-state index in [9.17, 15) is 9.90 Å². The molecule has 0 aliphatic carbocycles. The molecule has 0 spiro atoms. The average molecular weight is 265 g/mol. The van der Waals surface area contributed by atoms with Crippen LogP contribution in [0.4, 0.5) is 0 Å². The van der Waals surface area contributed by atoms with Crippen molar-refractivity contribution < 1.29 is 14.6 Å². The van der Waals surface area contributed by atoms with Gasteiger partial charge >= 0.3 is 0 Å². The number of nitrogens with one attached hydrogen (secondary N) is 1. The Morgan fingerprint density at radius 2 is 2.37 bits per heavy atom. The maximum atomic E-state index is 11.6. The Hall–Kier alpha value is -1.66. The average Bonchev–Trinajstić information content (AvgIpc) is 2.81. The van der Waals surface area contributed by atoms with Gasteiger partial charge in [0.25, 0.3) is 0 Å². The molecule has 1 aliphatic rings. The number of carbonyl (C=O) groups is 1. The SMILES string of the molecule is Cn1cc(/C=C/C(=O)NCC2(O)CCOCC2)cn1. The highest BCUT2D eigenvalue weighted by Crippen LogP contribution is 2.19. The molecule has 1 saturated heterocycles. The van der Waals surface area contributed by atoms with Crippen molar-refractivity contribution in [3.05, 3.63) is 24.0 Å². The minimum atomic E-state index is -0.837. The first-order chi connectivity index (χ1) is 9.07. The smallest absolute Gasteiger partial charge is 0.244 e. The fourth-order valence-electron chi connectivity index (χ4n) is 1.94. The number of aromatic nitrogens is 2.